The summed E-state index contributed by atoms with van der Waals surface area (Å²) in [7, 11) is 0. The number of carbonyl (C=O) groups is 4. The van der Waals surface area contributed by atoms with Crippen molar-refractivity contribution in [3.63, 3.8) is 0 Å². The van der Waals surface area contributed by atoms with E-state index in [0.29, 0.717) is 0 Å². The van der Waals surface area contributed by atoms with E-state index in [2.05, 4.69) is 0 Å². The number of hydrogen-bond donors (Lipinski definition) is 0. The summed E-state index contributed by atoms with van der Waals surface area (Å²) in [6.45, 7) is 9.31. The van der Waals surface area contributed by atoms with E-state index in [4.69, 9.17) is 34.0 Å². The van der Waals surface area contributed by atoms with Crippen LogP contribution >= 0.6 is 23.2 Å². The normalized spacial score (nSPS) is 10.4. The van der Waals surface area contributed by atoms with Gasteiger partial charge in [0.05, 0.1) is 21.0 Å². The smallest absolute Gasteiger partial charge is 0.763 e. The second kappa shape index (κ2) is 15.6. The Balaban J connectivity index is 0.000000802. The van der Waals surface area contributed by atoms with Crippen molar-refractivity contribution in [1.82, 2.24) is 0 Å². The summed E-state index contributed by atoms with van der Waals surface area (Å²) in [4.78, 5) is 69.1. The van der Waals surface area contributed by atoms with Crippen molar-refractivity contribution in [2.75, 3.05) is 0 Å². The van der Waals surface area contributed by atoms with Crippen molar-refractivity contribution in [3.05, 3.63) is 99.8 Å². The molecule has 15 heteroatoms. The zero-order valence-corrected chi connectivity index (χ0v) is 26.9. The molecule has 43 heavy (non-hydrogen) atoms. The predicted molar refractivity (Wildman–Crippen MR) is 163 cm³/mol. The van der Waals surface area contributed by atoms with Gasteiger partial charge in [-0.2, -0.15) is 0 Å². The van der Waals surface area contributed by atoms with E-state index in [1.165, 1.54) is 12.1 Å². The largest absolute Gasteiger partial charge is 2.00 e. The number of allylic oxidation sites excluding steroid dienone is 2. The molecule has 0 spiro atoms. The van der Waals surface area contributed by atoms with Crippen molar-refractivity contribution in [3.8, 4) is 0 Å². The summed E-state index contributed by atoms with van der Waals surface area (Å²) in [6.07, 6.45) is 0. The van der Waals surface area contributed by atoms with Crippen molar-refractivity contribution < 1.29 is 29.0 Å². The number of nitro benzene ring substituents is 2. The van der Waals surface area contributed by atoms with Crippen molar-refractivity contribution in [1.29, 1.82) is 0 Å². The quantitative estimate of drug-likeness (QED) is 0.0486. The molecule has 0 aliphatic carbocycles. The van der Waals surface area contributed by atoms with E-state index in [9.17, 15) is 39.4 Å². The summed E-state index contributed by atoms with van der Waals surface area (Å²) in [5.74, 6) is -0.179. The van der Waals surface area contributed by atoms with Crippen LogP contribution in [-0.4, -0.2) is 67.8 Å². The Morgan fingerprint density at radius 2 is 0.953 bits per heavy atom. The van der Waals surface area contributed by atoms with Gasteiger partial charge < -0.3 is 10.8 Å². The molecule has 0 atom stereocenters. The molecule has 0 fully saturated rings. The minimum atomic E-state index is -0.971. The van der Waals surface area contributed by atoms with E-state index in [1.807, 2.05) is 0 Å². The van der Waals surface area contributed by atoms with Crippen LogP contribution in [0.3, 0.4) is 0 Å². The fraction of sp³-hybridized carbons (Fsp3) is 0.286. The predicted octanol–water partition coefficient (Wildman–Crippen LogP) is 6.04. The van der Waals surface area contributed by atoms with Gasteiger partial charge in [0.1, 0.15) is 11.1 Å². The molecule has 0 unspecified atom stereocenters. The summed E-state index contributed by atoms with van der Waals surface area (Å²) >= 11 is 11.3. The number of benzene rings is 2. The number of carbonyl (C=O) groups excluding carboxylic acids is 4. The third-order valence-electron chi connectivity index (χ3n) is 5.30. The SMILES string of the molecule is CC(C)(C)C(=O)C(=C=[N-])C(=O)c1ccc(Cl)cc1[N+](=O)[O-].CC(C)(C)C(=O)C(=C=[N-])C(=O)c1ccc(Cl)cc1[N+](=O)[O-].[Mg+2]. The van der Waals surface area contributed by atoms with Gasteiger partial charge in [0.15, 0.2) is 11.6 Å². The van der Waals surface area contributed by atoms with Crippen LogP contribution in [-0.2, 0) is 9.59 Å². The molecule has 0 bridgehead atoms. The molecule has 220 valence electrons. The second-order valence-corrected chi connectivity index (χ2v) is 11.5. The zero-order valence-electron chi connectivity index (χ0n) is 24.0. The maximum atomic E-state index is 12.3. The number of hydrogen-bond acceptors (Lipinski definition) is 8. The molecule has 0 heterocycles. The molecular formula is C28H24Cl2MgN4O8. The number of halogens is 2. The summed E-state index contributed by atoms with van der Waals surface area (Å²) in [5.41, 5.74) is -4.90. The summed E-state index contributed by atoms with van der Waals surface area (Å²) in [6, 6.07) is 6.86. The van der Waals surface area contributed by atoms with Crippen LogP contribution in [0.15, 0.2) is 47.5 Å². The summed E-state index contributed by atoms with van der Waals surface area (Å²) in [5, 5.41) is 40.2. The van der Waals surface area contributed by atoms with Gasteiger partial charge in [0, 0.05) is 33.0 Å². The molecule has 2 aromatic carbocycles. The Morgan fingerprint density at radius 1 is 0.674 bits per heavy atom. The van der Waals surface area contributed by atoms with Crippen molar-refractivity contribution >= 4 is 92.5 Å². The van der Waals surface area contributed by atoms with Crippen molar-refractivity contribution in [2.24, 2.45) is 10.8 Å². The zero-order chi connectivity index (χ0) is 32.7. The monoisotopic (exact) mass is 638 g/mol. The first-order chi connectivity index (χ1) is 19.2. The van der Waals surface area contributed by atoms with Crippen LogP contribution in [0.25, 0.3) is 10.8 Å². The van der Waals surface area contributed by atoms with Gasteiger partial charge in [0.25, 0.3) is 11.4 Å². The molecule has 0 radical (unpaired) electrons. The number of rotatable bonds is 8. The van der Waals surface area contributed by atoms with E-state index >= 15 is 0 Å². The van der Waals surface area contributed by atoms with Crippen LogP contribution in [0, 0.1) is 31.1 Å². The Hall–Kier alpha value is -3.83. The van der Waals surface area contributed by atoms with Gasteiger partial charge in [0.2, 0.25) is 11.6 Å². The Labute approximate surface area is 272 Å². The maximum absolute atomic E-state index is 12.3. The topological polar surface area (TPSA) is 199 Å². The fourth-order valence-corrected chi connectivity index (χ4v) is 3.46. The molecule has 0 amide bonds. The van der Waals surface area contributed by atoms with Gasteiger partial charge in [-0.25, -0.2) is 0 Å². The standard InChI is InChI=1S/2C14H12ClN2O4.Mg/c2*1-14(2,3)13(19)10(7-16)12(18)9-5-4-8(15)6-11(9)17(20)21;/h2*4-6H,1-3H3;/q2*-1;+2. The van der Waals surface area contributed by atoms with Crippen LogP contribution in [0.2, 0.25) is 10.0 Å². The second-order valence-electron chi connectivity index (χ2n) is 10.6. The molecule has 0 aliphatic rings. The van der Waals surface area contributed by atoms with Crippen LogP contribution in [0.4, 0.5) is 11.4 Å². The molecule has 2 aromatic rings. The number of ketones is 4. The van der Waals surface area contributed by atoms with Gasteiger partial charge in [-0.15, -0.1) is 0 Å². The molecule has 0 aromatic heterocycles. The van der Waals surface area contributed by atoms with Crippen molar-refractivity contribution in [2.45, 2.75) is 41.5 Å². The van der Waals surface area contributed by atoms with E-state index in [1.54, 1.807) is 53.3 Å². The molecule has 0 saturated heterocycles. The van der Waals surface area contributed by atoms with Crippen LogP contribution in [0.1, 0.15) is 62.3 Å². The van der Waals surface area contributed by atoms with E-state index < -0.39 is 66.3 Å². The molecule has 0 aliphatic heterocycles. The van der Waals surface area contributed by atoms with Gasteiger partial charge >= 0.3 is 23.1 Å². The minimum Gasteiger partial charge on any atom is -0.763 e. The third kappa shape index (κ3) is 10.1. The maximum Gasteiger partial charge on any atom is 2.00 e. The average Bonchev–Trinajstić information content (AvgIpc) is 2.88. The van der Waals surface area contributed by atoms with Gasteiger partial charge in [-0.1, -0.05) is 64.7 Å². The number of Topliss-reactive ketones (excluding diaryl/α,β-unsaturated/α-hetero) is 4. The Morgan fingerprint density at radius 3 is 1.16 bits per heavy atom. The fourth-order valence-electron chi connectivity index (χ4n) is 3.12. The van der Waals surface area contributed by atoms with Gasteiger partial charge in [-0.3, -0.25) is 51.1 Å². The van der Waals surface area contributed by atoms with Crippen LogP contribution < -0.4 is 0 Å². The molecule has 0 N–H and O–H groups in total. The summed E-state index contributed by atoms with van der Waals surface area (Å²) < 4.78 is 0. The first-order valence-electron chi connectivity index (χ1n) is 11.8. The first kappa shape index (κ1) is 39.2. The van der Waals surface area contributed by atoms with Crippen LogP contribution in [0.5, 0.6) is 0 Å². The number of nitro groups is 2. The Kier molecular flexibility index (Phi) is 14.2. The first-order valence-corrected chi connectivity index (χ1v) is 12.6. The molecule has 0 saturated carbocycles. The van der Waals surface area contributed by atoms with E-state index in [0.717, 1.165) is 24.3 Å². The molecule has 2 rings (SSSR count). The van der Waals surface area contributed by atoms with Gasteiger partial charge in [-0.05, 0) is 24.3 Å². The third-order valence-corrected chi connectivity index (χ3v) is 5.77. The minimum absolute atomic E-state index is 0. The molecule has 12 nitrogen and oxygen atoms in total. The molecular weight excluding hydrogens is 616 g/mol. The average molecular weight is 640 g/mol. The number of nitrogens with zero attached hydrogens (tertiary/aromatic N) is 4. The van der Waals surface area contributed by atoms with E-state index in [-0.39, 0.29) is 44.2 Å². The Bertz CT molecular complexity index is 1490.